The molecule has 5 heteroatoms. The Bertz CT molecular complexity index is 1010. The number of benzene rings is 3. The predicted molar refractivity (Wildman–Crippen MR) is 116 cm³/mol. The number of carbonyl (C=O) groups excluding carboxylic acids is 2. The zero-order valence-electron chi connectivity index (χ0n) is 16.8. The molecule has 0 unspecified atom stereocenters. The third kappa shape index (κ3) is 5.69. The predicted octanol–water partition coefficient (Wildman–Crippen LogP) is 4.88. The first-order valence-corrected chi connectivity index (χ1v) is 9.39. The first-order valence-electron chi connectivity index (χ1n) is 9.39. The molecule has 2 amide bonds. The van der Waals surface area contributed by atoms with Gasteiger partial charge in [-0.2, -0.15) is 0 Å². The van der Waals surface area contributed by atoms with E-state index in [1.54, 1.807) is 24.3 Å². The van der Waals surface area contributed by atoms with Crippen LogP contribution in [-0.4, -0.2) is 18.4 Å². The van der Waals surface area contributed by atoms with Crippen LogP contribution in [0.2, 0.25) is 0 Å². The Morgan fingerprint density at radius 2 is 1.45 bits per heavy atom. The molecule has 0 aliphatic heterocycles. The molecule has 2 N–H and O–H groups in total. The maximum atomic E-state index is 12.7. The average molecular weight is 388 g/mol. The number of hydrogen-bond donors (Lipinski definition) is 2. The lowest BCUT2D eigenvalue weighted by molar-refractivity contribution is -0.118. The van der Waals surface area contributed by atoms with E-state index < -0.39 is 0 Å². The van der Waals surface area contributed by atoms with Gasteiger partial charge in [-0.3, -0.25) is 9.59 Å². The minimum absolute atomic E-state index is 0.142. The van der Waals surface area contributed by atoms with Crippen molar-refractivity contribution in [3.8, 4) is 5.75 Å². The van der Waals surface area contributed by atoms with Crippen molar-refractivity contribution in [2.75, 3.05) is 17.2 Å². The van der Waals surface area contributed by atoms with Crippen LogP contribution in [0, 0.1) is 20.8 Å². The normalized spacial score (nSPS) is 10.3. The van der Waals surface area contributed by atoms with E-state index in [1.165, 1.54) is 0 Å². The molecule has 5 nitrogen and oxygen atoms in total. The molecule has 0 atom stereocenters. The lowest BCUT2D eigenvalue weighted by atomic mass is 10.1. The van der Waals surface area contributed by atoms with Crippen molar-refractivity contribution in [1.29, 1.82) is 0 Å². The highest BCUT2D eigenvalue weighted by atomic mass is 16.5. The summed E-state index contributed by atoms with van der Waals surface area (Å²) < 4.78 is 5.60. The Balaban J connectivity index is 1.65. The largest absolute Gasteiger partial charge is 0.484 e. The number of amides is 2. The smallest absolute Gasteiger partial charge is 0.262 e. The zero-order chi connectivity index (χ0) is 20.8. The summed E-state index contributed by atoms with van der Waals surface area (Å²) in [6.07, 6.45) is 0. The van der Waals surface area contributed by atoms with Gasteiger partial charge in [0.05, 0.1) is 11.3 Å². The standard InChI is InChI=1S/C24H24N2O3/c1-16-8-10-19(11-9-16)25-24(28)21-6-4-5-7-22(21)26-23(27)15-29-20-13-17(2)12-18(3)14-20/h4-14H,15H2,1-3H3,(H,25,28)(H,26,27). The second-order valence-corrected chi connectivity index (χ2v) is 7.03. The van der Waals surface area contributed by atoms with Gasteiger partial charge in [0.15, 0.2) is 6.61 Å². The zero-order valence-corrected chi connectivity index (χ0v) is 16.8. The summed E-state index contributed by atoms with van der Waals surface area (Å²) in [4.78, 5) is 25.0. The lowest BCUT2D eigenvalue weighted by Gasteiger charge is -2.12. The minimum Gasteiger partial charge on any atom is -0.484 e. The second-order valence-electron chi connectivity index (χ2n) is 7.03. The van der Waals surface area contributed by atoms with Crippen LogP contribution in [0.5, 0.6) is 5.75 Å². The monoisotopic (exact) mass is 388 g/mol. The van der Waals surface area contributed by atoms with Crippen LogP contribution in [0.1, 0.15) is 27.0 Å². The first-order chi connectivity index (χ1) is 13.9. The topological polar surface area (TPSA) is 67.4 Å². The van der Waals surface area contributed by atoms with Crippen LogP contribution in [0.3, 0.4) is 0 Å². The van der Waals surface area contributed by atoms with Crippen LogP contribution in [-0.2, 0) is 4.79 Å². The van der Waals surface area contributed by atoms with Crippen molar-refractivity contribution in [3.63, 3.8) is 0 Å². The van der Waals surface area contributed by atoms with E-state index in [-0.39, 0.29) is 18.4 Å². The fraction of sp³-hybridized carbons (Fsp3) is 0.167. The molecule has 0 saturated heterocycles. The van der Waals surface area contributed by atoms with E-state index in [0.29, 0.717) is 22.7 Å². The minimum atomic E-state index is -0.334. The molecular weight excluding hydrogens is 364 g/mol. The van der Waals surface area contributed by atoms with Gasteiger partial charge >= 0.3 is 0 Å². The first kappa shape index (κ1) is 20.1. The Hall–Kier alpha value is -3.60. The molecule has 3 rings (SSSR count). The third-order valence-electron chi connectivity index (χ3n) is 4.32. The molecular formula is C24H24N2O3. The lowest BCUT2D eigenvalue weighted by Crippen LogP contribution is -2.22. The van der Waals surface area contributed by atoms with Crippen LogP contribution in [0.15, 0.2) is 66.7 Å². The SMILES string of the molecule is Cc1ccc(NC(=O)c2ccccc2NC(=O)COc2cc(C)cc(C)c2)cc1. The number of hydrogen-bond acceptors (Lipinski definition) is 3. The number of aryl methyl sites for hydroxylation is 3. The summed E-state index contributed by atoms with van der Waals surface area (Å²) in [6.45, 7) is 5.79. The molecule has 0 fully saturated rings. The fourth-order valence-corrected chi connectivity index (χ4v) is 2.98. The van der Waals surface area contributed by atoms with Crippen molar-refractivity contribution >= 4 is 23.2 Å². The molecule has 0 spiro atoms. The Kier molecular flexibility index (Phi) is 6.29. The maximum absolute atomic E-state index is 12.7. The van der Waals surface area contributed by atoms with E-state index >= 15 is 0 Å². The number of ether oxygens (including phenoxy) is 1. The van der Waals surface area contributed by atoms with Gasteiger partial charge in [-0.25, -0.2) is 0 Å². The third-order valence-corrected chi connectivity index (χ3v) is 4.32. The molecule has 0 heterocycles. The van der Waals surface area contributed by atoms with Gasteiger partial charge in [-0.15, -0.1) is 0 Å². The number of carbonyl (C=O) groups is 2. The molecule has 3 aromatic rings. The van der Waals surface area contributed by atoms with Crippen molar-refractivity contribution in [2.24, 2.45) is 0 Å². The van der Waals surface area contributed by atoms with Crippen LogP contribution < -0.4 is 15.4 Å². The van der Waals surface area contributed by atoms with Crippen LogP contribution in [0.25, 0.3) is 0 Å². The van der Waals surface area contributed by atoms with E-state index in [9.17, 15) is 9.59 Å². The van der Waals surface area contributed by atoms with E-state index in [2.05, 4.69) is 10.6 Å². The summed E-state index contributed by atoms with van der Waals surface area (Å²) in [7, 11) is 0. The summed E-state index contributed by atoms with van der Waals surface area (Å²) in [5.74, 6) is 0.0165. The summed E-state index contributed by atoms with van der Waals surface area (Å²) >= 11 is 0. The van der Waals surface area contributed by atoms with Crippen molar-refractivity contribution in [1.82, 2.24) is 0 Å². The number of para-hydroxylation sites is 1. The number of rotatable bonds is 6. The van der Waals surface area contributed by atoms with E-state index in [1.807, 2.05) is 63.2 Å². The number of nitrogens with one attached hydrogen (secondary N) is 2. The Morgan fingerprint density at radius 1 is 0.793 bits per heavy atom. The van der Waals surface area contributed by atoms with Crippen LogP contribution in [0.4, 0.5) is 11.4 Å². The molecule has 148 valence electrons. The molecule has 0 bridgehead atoms. The van der Waals surface area contributed by atoms with Crippen molar-refractivity contribution in [2.45, 2.75) is 20.8 Å². The van der Waals surface area contributed by atoms with Gasteiger partial charge in [0.1, 0.15) is 5.75 Å². The fourth-order valence-electron chi connectivity index (χ4n) is 2.98. The summed E-state index contributed by atoms with van der Waals surface area (Å²) in [5, 5.41) is 5.61. The molecule has 0 radical (unpaired) electrons. The maximum Gasteiger partial charge on any atom is 0.262 e. The van der Waals surface area contributed by atoms with Gasteiger partial charge in [-0.1, -0.05) is 35.9 Å². The summed E-state index contributed by atoms with van der Waals surface area (Å²) in [6, 6.07) is 20.2. The molecule has 0 saturated carbocycles. The highest BCUT2D eigenvalue weighted by Gasteiger charge is 2.14. The quantitative estimate of drug-likeness (QED) is 0.632. The highest BCUT2D eigenvalue weighted by molar-refractivity contribution is 6.10. The van der Waals surface area contributed by atoms with Gasteiger partial charge in [0, 0.05) is 5.69 Å². The molecule has 29 heavy (non-hydrogen) atoms. The highest BCUT2D eigenvalue weighted by Crippen LogP contribution is 2.19. The average Bonchev–Trinajstić information content (AvgIpc) is 2.68. The molecule has 0 aliphatic rings. The number of anilines is 2. The van der Waals surface area contributed by atoms with Crippen molar-refractivity contribution < 1.29 is 14.3 Å². The van der Waals surface area contributed by atoms with Gasteiger partial charge < -0.3 is 15.4 Å². The van der Waals surface area contributed by atoms with E-state index in [4.69, 9.17) is 4.74 Å². The van der Waals surface area contributed by atoms with E-state index in [0.717, 1.165) is 16.7 Å². The van der Waals surface area contributed by atoms with Crippen LogP contribution >= 0.6 is 0 Å². The molecule has 0 aliphatic carbocycles. The van der Waals surface area contributed by atoms with Crippen molar-refractivity contribution in [3.05, 3.63) is 89.0 Å². The molecule has 0 aromatic heterocycles. The molecule has 3 aromatic carbocycles. The Labute approximate surface area is 170 Å². The van der Waals surface area contributed by atoms with Gasteiger partial charge in [0.25, 0.3) is 11.8 Å². The summed E-state index contributed by atoms with van der Waals surface area (Å²) in [5.41, 5.74) is 4.76. The van der Waals surface area contributed by atoms with Gasteiger partial charge in [-0.05, 0) is 68.3 Å². The Morgan fingerprint density at radius 3 is 2.14 bits per heavy atom. The second kappa shape index (κ2) is 9.06. The van der Waals surface area contributed by atoms with Gasteiger partial charge in [0.2, 0.25) is 0 Å².